The molecule has 19 heavy (non-hydrogen) atoms. The maximum atomic E-state index is 11.7. The van der Waals surface area contributed by atoms with Crippen LogP contribution in [0.3, 0.4) is 0 Å². The largest absolute Gasteiger partial charge is 0.437 e. The average molecular weight is 281 g/mol. The predicted octanol–water partition coefficient (Wildman–Crippen LogP) is 4.52. The molecule has 0 aromatic heterocycles. The lowest BCUT2D eigenvalue weighted by Gasteiger charge is -2.12. The van der Waals surface area contributed by atoms with Gasteiger partial charge in [0.25, 0.3) is 0 Å². The van der Waals surface area contributed by atoms with Gasteiger partial charge in [0.15, 0.2) is 0 Å². The Morgan fingerprint density at radius 3 is 2.74 bits per heavy atom. The second kappa shape index (κ2) is 6.57. The molecule has 0 radical (unpaired) electrons. The third kappa shape index (κ3) is 3.96. The molecule has 1 aliphatic rings. The molecule has 5 heteroatoms. The zero-order chi connectivity index (χ0) is 13.7. The first-order valence-electron chi connectivity index (χ1n) is 6.45. The van der Waals surface area contributed by atoms with Crippen LogP contribution in [0.1, 0.15) is 37.7 Å². The van der Waals surface area contributed by atoms with Crippen LogP contribution in [0.15, 0.2) is 23.4 Å². The van der Waals surface area contributed by atoms with Crippen molar-refractivity contribution in [2.75, 3.05) is 5.32 Å². The second-order valence-electron chi connectivity index (χ2n) is 4.65. The zero-order valence-corrected chi connectivity index (χ0v) is 11.7. The van der Waals surface area contributed by atoms with Crippen LogP contribution in [0.4, 0.5) is 10.5 Å². The standard InChI is InChI=1S/C14H17ClN2O2/c1-10-6-5-9-12(15)13(10)16-14(18)19-17-11-7-3-2-4-8-11/h5-6,9H,2-4,7-8H2,1H3,(H,16,18). The summed E-state index contributed by atoms with van der Waals surface area (Å²) in [5.41, 5.74) is 2.41. The number of rotatable bonds is 2. The third-order valence-corrected chi connectivity index (χ3v) is 3.45. The Labute approximate surface area is 117 Å². The van der Waals surface area contributed by atoms with Crippen molar-refractivity contribution >= 4 is 29.1 Å². The minimum Gasteiger partial charge on any atom is -0.298 e. The van der Waals surface area contributed by atoms with E-state index in [1.807, 2.05) is 19.1 Å². The first-order valence-corrected chi connectivity index (χ1v) is 6.83. The highest BCUT2D eigenvalue weighted by Gasteiger charge is 2.11. The molecule has 1 saturated carbocycles. The Morgan fingerprint density at radius 1 is 1.32 bits per heavy atom. The number of benzene rings is 1. The van der Waals surface area contributed by atoms with Crippen molar-refractivity contribution in [2.45, 2.75) is 39.0 Å². The van der Waals surface area contributed by atoms with Crippen molar-refractivity contribution in [2.24, 2.45) is 5.16 Å². The van der Waals surface area contributed by atoms with E-state index in [9.17, 15) is 4.79 Å². The quantitative estimate of drug-likeness (QED) is 0.640. The van der Waals surface area contributed by atoms with E-state index in [1.165, 1.54) is 6.42 Å². The summed E-state index contributed by atoms with van der Waals surface area (Å²) in [6.45, 7) is 1.87. The van der Waals surface area contributed by atoms with E-state index in [-0.39, 0.29) is 0 Å². The fraction of sp³-hybridized carbons (Fsp3) is 0.429. The van der Waals surface area contributed by atoms with Crippen LogP contribution in [-0.2, 0) is 4.84 Å². The first kappa shape index (κ1) is 13.9. The first-order chi connectivity index (χ1) is 9.16. The lowest BCUT2D eigenvalue weighted by atomic mass is 9.99. The van der Waals surface area contributed by atoms with Crippen molar-refractivity contribution < 1.29 is 9.63 Å². The van der Waals surface area contributed by atoms with Gasteiger partial charge in [-0.1, -0.05) is 35.3 Å². The smallest absolute Gasteiger partial charge is 0.298 e. The molecule has 1 N–H and O–H groups in total. The molecule has 0 atom stereocenters. The molecule has 1 fully saturated rings. The molecule has 0 aliphatic heterocycles. The van der Waals surface area contributed by atoms with E-state index in [2.05, 4.69) is 10.5 Å². The van der Waals surface area contributed by atoms with Crippen molar-refractivity contribution in [3.8, 4) is 0 Å². The van der Waals surface area contributed by atoms with Crippen molar-refractivity contribution in [3.63, 3.8) is 0 Å². The Kier molecular flexibility index (Phi) is 4.80. The third-order valence-electron chi connectivity index (χ3n) is 3.14. The van der Waals surface area contributed by atoms with Crippen LogP contribution < -0.4 is 5.32 Å². The number of nitrogens with zero attached hydrogens (tertiary/aromatic N) is 1. The Morgan fingerprint density at radius 2 is 2.05 bits per heavy atom. The van der Waals surface area contributed by atoms with Crippen LogP contribution in [0.5, 0.6) is 0 Å². The Balaban J connectivity index is 1.94. The topological polar surface area (TPSA) is 50.7 Å². The fourth-order valence-corrected chi connectivity index (χ4v) is 2.34. The Bertz CT molecular complexity index is 472. The SMILES string of the molecule is Cc1cccc(Cl)c1NC(=O)ON=C1CCCCC1. The molecule has 0 heterocycles. The van der Waals surface area contributed by atoms with E-state index < -0.39 is 6.09 Å². The predicted molar refractivity (Wildman–Crippen MR) is 76.8 cm³/mol. The van der Waals surface area contributed by atoms with Gasteiger partial charge >= 0.3 is 6.09 Å². The summed E-state index contributed by atoms with van der Waals surface area (Å²) in [4.78, 5) is 16.5. The monoisotopic (exact) mass is 280 g/mol. The van der Waals surface area contributed by atoms with E-state index >= 15 is 0 Å². The number of carbonyl (C=O) groups excluding carboxylic acids is 1. The van der Waals surface area contributed by atoms with Crippen LogP contribution in [-0.4, -0.2) is 11.8 Å². The highest BCUT2D eigenvalue weighted by molar-refractivity contribution is 6.33. The molecule has 1 aliphatic carbocycles. The van der Waals surface area contributed by atoms with Gasteiger partial charge < -0.3 is 0 Å². The fourth-order valence-electron chi connectivity index (χ4n) is 2.07. The Hall–Kier alpha value is -1.55. The van der Waals surface area contributed by atoms with Crippen LogP contribution in [0.2, 0.25) is 5.02 Å². The van der Waals surface area contributed by atoms with Gasteiger partial charge in [-0.05, 0) is 44.2 Å². The van der Waals surface area contributed by atoms with Gasteiger partial charge in [0.2, 0.25) is 0 Å². The highest BCUT2D eigenvalue weighted by atomic mass is 35.5. The number of nitrogens with one attached hydrogen (secondary N) is 1. The van der Waals surface area contributed by atoms with E-state index in [0.717, 1.165) is 37.0 Å². The van der Waals surface area contributed by atoms with Gasteiger partial charge in [0.05, 0.1) is 16.4 Å². The average Bonchev–Trinajstić information content (AvgIpc) is 2.42. The number of carbonyl (C=O) groups is 1. The number of oxime groups is 1. The molecule has 2 rings (SSSR count). The van der Waals surface area contributed by atoms with Crippen LogP contribution >= 0.6 is 11.6 Å². The summed E-state index contributed by atoms with van der Waals surface area (Å²) in [6.07, 6.45) is 4.69. The number of para-hydroxylation sites is 1. The summed E-state index contributed by atoms with van der Waals surface area (Å²) in [6, 6.07) is 5.42. The van der Waals surface area contributed by atoms with Gasteiger partial charge in [-0.25, -0.2) is 4.79 Å². The minimum absolute atomic E-state index is 0.488. The van der Waals surface area contributed by atoms with E-state index in [1.54, 1.807) is 6.07 Å². The molecule has 0 unspecified atom stereocenters. The number of amides is 1. The second-order valence-corrected chi connectivity index (χ2v) is 5.06. The van der Waals surface area contributed by atoms with Gasteiger partial charge in [0.1, 0.15) is 0 Å². The number of hydrogen-bond acceptors (Lipinski definition) is 3. The summed E-state index contributed by atoms with van der Waals surface area (Å²) in [5, 5.41) is 7.01. The minimum atomic E-state index is -0.603. The van der Waals surface area contributed by atoms with Gasteiger partial charge in [-0.2, -0.15) is 0 Å². The van der Waals surface area contributed by atoms with Gasteiger partial charge in [0, 0.05) is 0 Å². The van der Waals surface area contributed by atoms with Gasteiger partial charge in [-0.15, -0.1) is 0 Å². The molecule has 102 valence electrons. The lowest BCUT2D eigenvalue weighted by molar-refractivity contribution is 0.165. The van der Waals surface area contributed by atoms with Gasteiger partial charge in [-0.3, -0.25) is 10.2 Å². The normalized spacial score (nSPS) is 14.9. The highest BCUT2D eigenvalue weighted by Crippen LogP contribution is 2.25. The van der Waals surface area contributed by atoms with E-state index in [4.69, 9.17) is 16.4 Å². The maximum absolute atomic E-state index is 11.7. The summed E-state index contributed by atoms with van der Waals surface area (Å²) in [7, 11) is 0. The molecule has 0 bridgehead atoms. The van der Waals surface area contributed by atoms with Crippen molar-refractivity contribution in [1.82, 2.24) is 0 Å². The maximum Gasteiger partial charge on any atom is 0.437 e. The molecule has 1 aromatic carbocycles. The summed E-state index contributed by atoms with van der Waals surface area (Å²) >= 11 is 6.02. The molecular weight excluding hydrogens is 264 g/mol. The van der Waals surface area contributed by atoms with Crippen LogP contribution in [0, 0.1) is 6.92 Å². The molecule has 1 amide bonds. The van der Waals surface area contributed by atoms with Crippen molar-refractivity contribution in [3.05, 3.63) is 28.8 Å². The molecule has 1 aromatic rings. The molecule has 0 spiro atoms. The van der Waals surface area contributed by atoms with E-state index in [0.29, 0.717) is 10.7 Å². The molecule has 4 nitrogen and oxygen atoms in total. The molecule has 0 saturated heterocycles. The number of aryl methyl sites for hydroxylation is 1. The van der Waals surface area contributed by atoms with Crippen LogP contribution in [0.25, 0.3) is 0 Å². The number of halogens is 1. The number of anilines is 1. The number of hydrogen-bond donors (Lipinski definition) is 1. The molecular formula is C14H17ClN2O2. The van der Waals surface area contributed by atoms with Crippen molar-refractivity contribution in [1.29, 1.82) is 0 Å². The lowest BCUT2D eigenvalue weighted by Crippen LogP contribution is -2.14. The summed E-state index contributed by atoms with van der Waals surface area (Å²) in [5.74, 6) is 0. The zero-order valence-electron chi connectivity index (χ0n) is 10.9. The summed E-state index contributed by atoms with van der Waals surface area (Å²) < 4.78 is 0.